The fourth-order valence-corrected chi connectivity index (χ4v) is 2.47. The Morgan fingerprint density at radius 1 is 1.23 bits per heavy atom. The van der Waals surface area contributed by atoms with Crippen molar-refractivity contribution >= 4 is 5.91 Å². The van der Waals surface area contributed by atoms with E-state index in [9.17, 15) is 9.18 Å². The van der Waals surface area contributed by atoms with Crippen LogP contribution in [0.1, 0.15) is 47.0 Å². The fourth-order valence-electron chi connectivity index (χ4n) is 2.47. The summed E-state index contributed by atoms with van der Waals surface area (Å²) in [7, 11) is 1.98. The van der Waals surface area contributed by atoms with E-state index in [2.05, 4.69) is 24.6 Å². The van der Waals surface area contributed by atoms with Crippen LogP contribution in [0.3, 0.4) is 0 Å². The second kappa shape index (κ2) is 9.37. The van der Waals surface area contributed by atoms with Crippen molar-refractivity contribution in [2.24, 2.45) is 0 Å². The van der Waals surface area contributed by atoms with Crippen molar-refractivity contribution < 1.29 is 9.18 Å². The van der Waals surface area contributed by atoms with Gasteiger partial charge in [0.15, 0.2) is 5.67 Å². The van der Waals surface area contributed by atoms with Crippen LogP contribution in [-0.4, -0.2) is 23.5 Å². The summed E-state index contributed by atoms with van der Waals surface area (Å²) in [6.07, 6.45) is 11.0. The van der Waals surface area contributed by atoms with E-state index in [0.29, 0.717) is 25.0 Å². The number of alkyl halides is 1. The molecule has 0 spiro atoms. The van der Waals surface area contributed by atoms with Crippen molar-refractivity contribution in [1.82, 2.24) is 10.2 Å². The summed E-state index contributed by atoms with van der Waals surface area (Å²) in [5.74, 6) is -0.553. The number of carbonyl (C=O) groups excluding carboxylic acids is 1. The van der Waals surface area contributed by atoms with E-state index in [1.807, 2.05) is 50.9 Å². The molecule has 1 aliphatic carbocycles. The fraction of sp³-hybridized carbons (Fsp3) is 0.409. The molecule has 0 saturated heterocycles. The highest BCUT2D eigenvalue weighted by Crippen LogP contribution is 2.40. The molecule has 142 valence electrons. The monoisotopic (exact) mass is 358 g/mol. The van der Waals surface area contributed by atoms with Gasteiger partial charge >= 0.3 is 0 Å². The maximum Gasteiger partial charge on any atom is 0.261 e. The van der Waals surface area contributed by atoms with Crippen molar-refractivity contribution in [3.8, 4) is 0 Å². The lowest BCUT2D eigenvalue weighted by Crippen LogP contribution is -2.32. The van der Waals surface area contributed by atoms with E-state index in [0.717, 1.165) is 22.5 Å². The van der Waals surface area contributed by atoms with Gasteiger partial charge in [-0.3, -0.25) is 4.79 Å². The Balaban J connectivity index is 3.04. The summed E-state index contributed by atoms with van der Waals surface area (Å²) in [5.41, 5.74) is 2.89. The normalized spacial score (nSPS) is 17.6. The van der Waals surface area contributed by atoms with Gasteiger partial charge in [-0.2, -0.15) is 0 Å². The summed E-state index contributed by atoms with van der Waals surface area (Å²) in [5, 5.41) is 2.66. The molecule has 0 atom stereocenters. The van der Waals surface area contributed by atoms with Gasteiger partial charge in [-0.25, -0.2) is 4.39 Å². The van der Waals surface area contributed by atoms with Crippen LogP contribution in [0.5, 0.6) is 0 Å². The second-order valence-corrected chi connectivity index (χ2v) is 6.63. The average molecular weight is 359 g/mol. The Bertz CT molecular complexity index is 691. The van der Waals surface area contributed by atoms with Gasteiger partial charge in [0, 0.05) is 30.6 Å². The maximum atomic E-state index is 13.8. The minimum absolute atomic E-state index is 0.305. The van der Waals surface area contributed by atoms with Crippen molar-refractivity contribution in [1.29, 1.82) is 0 Å². The number of nitrogens with one attached hydrogen (secondary N) is 1. The van der Waals surface area contributed by atoms with Crippen LogP contribution in [0.2, 0.25) is 0 Å². The second-order valence-electron chi connectivity index (χ2n) is 6.63. The number of nitrogens with zero attached hydrogens (tertiary/aromatic N) is 1. The van der Waals surface area contributed by atoms with Gasteiger partial charge in [-0.05, 0) is 57.8 Å². The Labute approximate surface area is 157 Å². The zero-order chi connectivity index (χ0) is 19.9. The van der Waals surface area contributed by atoms with Gasteiger partial charge in [-0.1, -0.05) is 37.5 Å². The lowest BCUT2D eigenvalue weighted by molar-refractivity contribution is -0.126. The van der Waals surface area contributed by atoms with Crippen LogP contribution >= 0.6 is 0 Å². The van der Waals surface area contributed by atoms with Crippen molar-refractivity contribution in [2.45, 2.75) is 52.6 Å². The Kier molecular flexibility index (Phi) is 7.81. The van der Waals surface area contributed by atoms with Gasteiger partial charge in [0.25, 0.3) is 5.91 Å². The van der Waals surface area contributed by atoms with Gasteiger partial charge < -0.3 is 10.2 Å². The largest absolute Gasteiger partial charge is 0.353 e. The van der Waals surface area contributed by atoms with Crippen molar-refractivity contribution in [3.05, 3.63) is 71.8 Å². The highest BCUT2D eigenvalue weighted by molar-refractivity contribution is 5.89. The quantitative estimate of drug-likeness (QED) is 0.565. The number of allylic oxidation sites excluding steroid dienone is 9. The minimum Gasteiger partial charge on any atom is -0.353 e. The number of hydrogen-bond acceptors (Lipinski definition) is 2. The Morgan fingerprint density at radius 2 is 1.85 bits per heavy atom. The van der Waals surface area contributed by atoms with E-state index < -0.39 is 11.6 Å². The summed E-state index contributed by atoms with van der Waals surface area (Å²) in [4.78, 5) is 13.9. The zero-order valence-electron chi connectivity index (χ0n) is 16.7. The molecule has 0 radical (unpaired) electrons. The van der Waals surface area contributed by atoms with E-state index in [1.165, 1.54) is 0 Å². The van der Waals surface area contributed by atoms with Crippen molar-refractivity contribution in [2.75, 3.05) is 7.05 Å². The molecule has 1 amide bonds. The molecule has 0 aromatic carbocycles. The summed E-state index contributed by atoms with van der Waals surface area (Å²) in [6, 6.07) is 0. The smallest absolute Gasteiger partial charge is 0.261 e. The first kappa shape index (κ1) is 21.7. The molecule has 0 aromatic heterocycles. The van der Waals surface area contributed by atoms with Crippen LogP contribution in [0.25, 0.3) is 0 Å². The molecular weight excluding hydrogens is 327 g/mol. The third kappa shape index (κ3) is 5.87. The molecule has 0 bridgehead atoms. The number of amides is 1. The lowest BCUT2D eigenvalue weighted by atomic mass is 10.0. The highest BCUT2D eigenvalue weighted by Gasteiger charge is 2.50. The van der Waals surface area contributed by atoms with Gasteiger partial charge in [0.1, 0.15) is 0 Å². The first-order valence-corrected chi connectivity index (χ1v) is 8.90. The lowest BCUT2D eigenvalue weighted by Gasteiger charge is -2.22. The van der Waals surface area contributed by atoms with Gasteiger partial charge in [-0.15, -0.1) is 0 Å². The van der Waals surface area contributed by atoms with Crippen LogP contribution in [0.15, 0.2) is 71.8 Å². The number of rotatable bonds is 9. The third-order valence-corrected chi connectivity index (χ3v) is 4.51. The van der Waals surface area contributed by atoms with E-state index >= 15 is 0 Å². The first-order valence-electron chi connectivity index (χ1n) is 8.90. The third-order valence-electron chi connectivity index (χ3n) is 4.51. The van der Waals surface area contributed by atoms with Crippen LogP contribution in [0, 0.1) is 0 Å². The Morgan fingerprint density at radius 3 is 2.27 bits per heavy atom. The average Bonchev–Trinajstić information content (AvgIpc) is 3.34. The molecular formula is C22H31FN2O. The van der Waals surface area contributed by atoms with Crippen LogP contribution in [0.4, 0.5) is 4.39 Å². The molecule has 1 N–H and O–H groups in total. The SMILES string of the molecule is C=CC(=C/C)/C(=C\C/C(=C/C)N(C)C(=C)C)/C=C(\C)NC(=O)C1(F)CC1. The first-order chi connectivity index (χ1) is 12.2. The van der Waals surface area contributed by atoms with E-state index in [-0.39, 0.29) is 0 Å². The predicted octanol–water partition coefficient (Wildman–Crippen LogP) is 5.33. The molecule has 1 aliphatic rings. The Hall–Kier alpha value is -2.36. The molecule has 26 heavy (non-hydrogen) atoms. The number of carbonyl (C=O) groups is 1. The van der Waals surface area contributed by atoms with Crippen LogP contribution in [-0.2, 0) is 4.79 Å². The molecule has 0 aliphatic heterocycles. The topological polar surface area (TPSA) is 32.3 Å². The minimum atomic E-state index is -1.68. The predicted molar refractivity (Wildman–Crippen MR) is 108 cm³/mol. The molecule has 0 aromatic rings. The number of halogens is 1. The van der Waals surface area contributed by atoms with Crippen LogP contribution < -0.4 is 5.32 Å². The molecule has 0 unspecified atom stereocenters. The molecule has 3 nitrogen and oxygen atoms in total. The summed E-state index contributed by atoms with van der Waals surface area (Å²) in [6.45, 7) is 15.5. The van der Waals surface area contributed by atoms with E-state index in [1.54, 1.807) is 13.0 Å². The molecule has 1 rings (SSSR count). The standard InChI is InChI=1S/C22H31FN2O/c1-8-18(9-2)19(11-12-20(10-3)25(7)16(4)5)15-17(6)24-21(26)22(23)13-14-22/h8-11,15H,1,4,12-14H2,2-3,5-7H3,(H,24,26)/b17-15+,18-9-,19-11-,20-10-. The summed E-state index contributed by atoms with van der Waals surface area (Å²) >= 11 is 0. The highest BCUT2D eigenvalue weighted by atomic mass is 19.1. The molecule has 1 saturated carbocycles. The zero-order valence-corrected chi connectivity index (χ0v) is 16.7. The van der Waals surface area contributed by atoms with Crippen molar-refractivity contribution in [3.63, 3.8) is 0 Å². The maximum absolute atomic E-state index is 13.8. The van der Waals surface area contributed by atoms with Gasteiger partial charge in [0.05, 0.1) is 0 Å². The number of hydrogen-bond donors (Lipinski definition) is 1. The summed E-state index contributed by atoms with van der Waals surface area (Å²) < 4.78 is 13.8. The molecule has 4 heteroatoms. The van der Waals surface area contributed by atoms with Gasteiger partial charge in [0.2, 0.25) is 0 Å². The molecule has 1 fully saturated rings. The van der Waals surface area contributed by atoms with E-state index in [4.69, 9.17) is 0 Å². The molecule has 0 heterocycles.